The summed E-state index contributed by atoms with van der Waals surface area (Å²) in [5, 5.41) is 0.206. The van der Waals surface area contributed by atoms with Crippen molar-refractivity contribution in [2.24, 2.45) is 0 Å². The highest BCUT2D eigenvalue weighted by atomic mass is 79.9. The summed E-state index contributed by atoms with van der Waals surface area (Å²) >= 11 is 9.20. The quantitative estimate of drug-likeness (QED) is 0.802. The second-order valence-electron chi connectivity index (χ2n) is 4.25. The molecule has 0 fully saturated rings. The maximum absolute atomic E-state index is 12.2. The van der Waals surface area contributed by atoms with Gasteiger partial charge >= 0.3 is 0 Å². The van der Waals surface area contributed by atoms with Crippen molar-refractivity contribution in [1.82, 2.24) is 0 Å². The summed E-state index contributed by atoms with van der Waals surface area (Å²) in [6.45, 7) is 1.92. The van der Waals surface area contributed by atoms with Gasteiger partial charge in [0.2, 0.25) is 0 Å². The lowest BCUT2D eigenvalue weighted by molar-refractivity contribution is 0.601. The predicted molar refractivity (Wildman–Crippen MR) is 85.6 cm³/mol. The molecule has 0 aliphatic heterocycles. The van der Waals surface area contributed by atoms with Gasteiger partial charge in [0.1, 0.15) is 0 Å². The number of nitrogens with one attached hydrogen (secondary N) is 1. The number of nitrogen functional groups attached to an aromatic ring is 1. The number of rotatable bonds is 3. The molecule has 0 aromatic heterocycles. The summed E-state index contributed by atoms with van der Waals surface area (Å²) in [5.41, 5.74) is 7.39. The largest absolute Gasteiger partial charge is 0.398 e. The number of aryl methyl sites for hydroxylation is 1. The molecule has 0 aliphatic rings. The van der Waals surface area contributed by atoms with Crippen LogP contribution in [-0.2, 0) is 10.0 Å². The van der Waals surface area contributed by atoms with E-state index in [0.717, 1.165) is 10.0 Å². The molecule has 2 rings (SSSR count). The first-order valence-corrected chi connectivity index (χ1v) is 8.29. The van der Waals surface area contributed by atoms with E-state index >= 15 is 0 Å². The molecule has 3 N–H and O–H groups in total. The van der Waals surface area contributed by atoms with Gasteiger partial charge in [-0.15, -0.1) is 0 Å². The molecule has 0 amide bonds. The summed E-state index contributed by atoms with van der Waals surface area (Å²) in [4.78, 5) is 0.0633. The smallest absolute Gasteiger partial charge is 0.261 e. The molecule has 0 heterocycles. The maximum atomic E-state index is 12.2. The molecule has 0 spiro atoms. The lowest BCUT2D eigenvalue weighted by Gasteiger charge is -2.10. The second-order valence-corrected chi connectivity index (χ2v) is 7.20. The van der Waals surface area contributed by atoms with E-state index in [-0.39, 0.29) is 9.92 Å². The van der Waals surface area contributed by atoms with Crippen LogP contribution in [0.3, 0.4) is 0 Å². The molecule has 2 aromatic carbocycles. The van der Waals surface area contributed by atoms with Gasteiger partial charge in [0.15, 0.2) is 0 Å². The minimum Gasteiger partial charge on any atom is -0.398 e. The normalized spacial score (nSPS) is 11.3. The zero-order valence-electron chi connectivity index (χ0n) is 10.5. The molecule has 7 heteroatoms. The summed E-state index contributed by atoms with van der Waals surface area (Å²) in [6, 6.07) is 9.40. The molecule has 2 aromatic rings. The first kappa shape index (κ1) is 15.2. The van der Waals surface area contributed by atoms with Crippen LogP contribution in [0.4, 0.5) is 11.4 Å². The average Bonchev–Trinajstić information content (AvgIpc) is 2.37. The molecular weight excluding hydrogens is 364 g/mol. The molecule has 0 bridgehead atoms. The second kappa shape index (κ2) is 5.63. The fourth-order valence-corrected chi connectivity index (χ4v) is 3.24. The Labute approximate surface area is 131 Å². The van der Waals surface area contributed by atoms with Crippen molar-refractivity contribution in [3.63, 3.8) is 0 Å². The van der Waals surface area contributed by atoms with E-state index < -0.39 is 10.0 Å². The highest BCUT2D eigenvalue weighted by Crippen LogP contribution is 2.26. The van der Waals surface area contributed by atoms with E-state index in [0.29, 0.717) is 11.4 Å². The van der Waals surface area contributed by atoms with E-state index in [1.807, 2.05) is 13.0 Å². The van der Waals surface area contributed by atoms with Crippen molar-refractivity contribution in [1.29, 1.82) is 0 Å². The van der Waals surface area contributed by atoms with Crippen molar-refractivity contribution in [2.75, 3.05) is 10.5 Å². The number of halogens is 2. The van der Waals surface area contributed by atoms with Crippen molar-refractivity contribution in [3.8, 4) is 0 Å². The van der Waals surface area contributed by atoms with E-state index in [4.69, 9.17) is 17.3 Å². The fourth-order valence-electron chi connectivity index (χ4n) is 1.55. The minimum atomic E-state index is -3.69. The molecule has 20 heavy (non-hydrogen) atoms. The Morgan fingerprint density at radius 2 is 1.90 bits per heavy atom. The van der Waals surface area contributed by atoms with Gasteiger partial charge in [-0.1, -0.05) is 33.6 Å². The van der Waals surface area contributed by atoms with Gasteiger partial charge in [0, 0.05) is 10.2 Å². The highest BCUT2D eigenvalue weighted by molar-refractivity contribution is 9.10. The van der Waals surface area contributed by atoms with Crippen molar-refractivity contribution >= 4 is 48.9 Å². The Bertz CT molecular complexity index is 763. The zero-order valence-corrected chi connectivity index (χ0v) is 13.7. The lowest BCUT2D eigenvalue weighted by atomic mass is 10.2. The third kappa shape index (κ3) is 3.26. The number of anilines is 2. The number of hydrogen-bond donors (Lipinski definition) is 2. The van der Waals surface area contributed by atoms with Gasteiger partial charge in [0.25, 0.3) is 10.0 Å². The third-order valence-electron chi connectivity index (χ3n) is 2.71. The monoisotopic (exact) mass is 374 g/mol. The average molecular weight is 376 g/mol. The van der Waals surface area contributed by atoms with E-state index in [9.17, 15) is 8.42 Å². The van der Waals surface area contributed by atoms with Gasteiger partial charge in [-0.2, -0.15) is 0 Å². The summed E-state index contributed by atoms with van der Waals surface area (Å²) in [7, 11) is -3.69. The van der Waals surface area contributed by atoms with Crippen LogP contribution < -0.4 is 10.5 Å². The predicted octanol–water partition coefficient (Wildman–Crippen LogP) is 3.79. The van der Waals surface area contributed by atoms with Crippen LogP contribution in [0.15, 0.2) is 45.8 Å². The summed E-state index contributed by atoms with van der Waals surface area (Å²) in [6.07, 6.45) is 0. The van der Waals surface area contributed by atoms with Crippen molar-refractivity contribution in [3.05, 3.63) is 51.5 Å². The van der Waals surface area contributed by atoms with Crippen LogP contribution in [-0.4, -0.2) is 8.42 Å². The number of sulfonamides is 1. The number of hydrogen-bond acceptors (Lipinski definition) is 3. The van der Waals surface area contributed by atoms with Gasteiger partial charge in [-0.05, 0) is 42.8 Å². The van der Waals surface area contributed by atoms with Crippen LogP contribution in [0.25, 0.3) is 0 Å². The molecule has 106 valence electrons. The highest BCUT2D eigenvalue weighted by Gasteiger charge is 2.15. The van der Waals surface area contributed by atoms with Gasteiger partial charge < -0.3 is 5.73 Å². The van der Waals surface area contributed by atoms with Gasteiger partial charge in [0.05, 0.1) is 15.6 Å². The van der Waals surface area contributed by atoms with Crippen molar-refractivity contribution < 1.29 is 8.42 Å². The summed E-state index contributed by atoms with van der Waals surface area (Å²) in [5.74, 6) is 0. The Hall–Kier alpha value is -1.24. The van der Waals surface area contributed by atoms with Crippen molar-refractivity contribution in [2.45, 2.75) is 11.8 Å². The molecular formula is C13H12BrClN2O2S. The minimum absolute atomic E-state index is 0.0633. The lowest BCUT2D eigenvalue weighted by Crippen LogP contribution is -2.13. The molecule has 0 saturated carbocycles. The first-order chi connectivity index (χ1) is 9.29. The van der Waals surface area contributed by atoms with Crippen LogP contribution in [0.1, 0.15) is 5.56 Å². The maximum Gasteiger partial charge on any atom is 0.261 e. The number of nitrogens with two attached hydrogens (primary N) is 1. The van der Waals surface area contributed by atoms with Gasteiger partial charge in [-0.25, -0.2) is 8.42 Å². The van der Waals surface area contributed by atoms with Crippen LogP contribution in [0, 0.1) is 6.92 Å². The molecule has 0 aliphatic carbocycles. The molecule has 0 atom stereocenters. The van der Waals surface area contributed by atoms with Crippen LogP contribution in [0.5, 0.6) is 0 Å². The molecule has 4 nitrogen and oxygen atoms in total. The SMILES string of the molecule is Cc1ccc(NS(=O)(=O)c2ccc(N)c(Cl)c2)cc1Br. The standard InChI is InChI=1S/C13H12BrClN2O2S/c1-8-2-3-9(6-11(8)14)17-20(18,19)10-4-5-13(16)12(15)7-10/h2-7,17H,16H2,1H3. The Balaban J connectivity index is 2.35. The zero-order chi connectivity index (χ0) is 14.9. The summed E-state index contributed by atoms with van der Waals surface area (Å²) < 4.78 is 27.8. The molecule has 0 radical (unpaired) electrons. The first-order valence-electron chi connectivity index (χ1n) is 5.63. The third-order valence-corrected chi connectivity index (χ3v) is 5.27. The molecule has 0 unspecified atom stereocenters. The number of benzene rings is 2. The molecule has 0 saturated heterocycles. The van der Waals surface area contributed by atoms with E-state index in [1.165, 1.54) is 18.2 Å². The Morgan fingerprint density at radius 1 is 1.20 bits per heavy atom. The topological polar surface area (TPSA) is 72.2 Å². The van der Waals surface area contributed by atoms with Crippen LogP contribution in [0.2, 0.25) is 5.02 Å². The Morgan fingerprint density at radius 3 is 2.50 bits per heavy atom. The Kier molecular flexibility index (Phi) is 4.27. The van der Waals surface area contributed by atoms with Gasteiger partial charge in [-0.3, -0.25) is 4.72 Å². The van der Waals surface area contributed by atoms with E-state index in [1.54, 1.807) is 12.1 Å². The van der Waals surface area contributed by atoms with Crippen LogP contribution >= 0.6 is 27.5 Å². The van der Waals surface area contributed by atoms with E-state index in [2.05, 4.69) is 20.7 Å². The fraction of sp³-hybridized carbons (Fsp3) is 0.0769.